The predicted octanol–water partition coefficient (Wildman–Crippen LogP) is 5.68. The number of hydrogen-bond donors (Lipinski definition) is 1. The van der Waals surface area contributed by atoms with Gasteiger partial charge in [-0.1, -0.05) is 60.7 Å². The fourth-order valence-electron chi connectivity index (χ4n) is 4.21. The fraction of sp³-hybridized carbons (Fsp3) is 0.241. The van der Waals surface area contributed by atoms with Crippen molar-refractivity contribution in [1.29, 1.82) is 0 Å². The lowest BCUT2D eigenvalue weighted by Crippen LogP contribution is -1.98. The average molecular weight is 464 g/mol. The number of aromatic amines is 1. The molecule has 0 fully saturated rings. The molecule has 0 aliphatic heterocycles. The summed E-state index contributed by atoms with van der Waals surface area (Å²) in [5, 5.41) is 15.1. The zero-order valence-corrected chi connectivity index (χ0v) is 19.7. The molecule has 35 heavy (non-hydrogen) atoms. The molecule has 3 aromatic carbocycles. The summed E-state index contributed by atoms with van der Waals surface area (Å²) in [6.07, 6.45) is 6.20. The van der Waals surface area contributed by atoms with E-state index < -0.39 is 0 Å². The number of para-hydroxylation sites is 1. The van der Waals surface area contributed by atoms with E-state index in [1.54, 1.807) is 0 Å². The molecule has 0 aliphatic rings. The number of aromatic nitrogens is 5. The number of rotatable bonds is 11. The van der Waals surface area contributed by atoms with E-state index in [0.717, 1.165) is 66.7 Å². The lowest BCUT2D eigenvalue weighted by Gasteiger charge is -2.08. The molecule has 0 saturated carbocycles. The highest BCUT2D eigenvalue weighted by Crippen LogP contribution is 2.18. The van der Waals surface area contributed by atoms with Crippen LogP contribution in [0, 0.1) is 0 Å². The second kappa shape index (κ2) is 11.4. The molecule has 0 radical (unpaired) electrons. The summed E-state index contributed by atoms with van der Waals surface area (Å²) in [4.78, 5) is 4.67. The zero-order chi connectivity index (χ0) is 23.7. The number of H-pyrrole nitrogens is 1. The Morgan fingerprint density at radius 2 is 1.31 bits per heavy atom. The molecule has 1 N–H and O–H groups in total. The van der Waals surface area contributed by atoms with E-state index in [1.807, 2.05) is 24.3 Å². The van der Waals surface area contributed by atoms with Gasteiger partial charge < -0.3 is 4.74 Å². The van der Waals surface area contributed by atoms with E-state index in [1.165, 1.54) is 16.7 Å². The van der Waals surface area contributed by atoms with Crippen molar-refractivity contribution in [3.63, 3.8) is 0 Å². The third-order valence-electron chi connectivity index (χ3n) is 6.19. The number of nitrogens with zero attached hydrogens (tertiary/aromatic N) is 4. The maximum Gasteiger partial charge on any atom is 0.148 e. The molecule has 0 aliphatic carbocycles. The number of nitrogens with one attached hydrogen (secondary N) is 1. The minimum atomic E-state index is 0.470. The number of aryl methyl sites for hydroxylation is 4. The topological polar surface area (TPSA) is 76.6 Å². The van der Waals surface area contributed by atoms with Gasteiger partial charge in [-0.2, -0.15) is 0 Å². The highest BCUT2D eigenvalue weighted by Gasteiger charge is 2.02. The maximum absolute atomic E-state index is 5.96. The number of pyridine rings is 1. The van der Waals surface area contributed by atoms with E-state index in [2.05, 4.69) is 86.3 Å². The van der Waals surface area contributed by atoms with Crippen LogP contribution in [0.3, 0.4) is 0 Å². The second-order valence-corrected chi connectivity index (χ2v) is 8.80. The molecule has 0 amide bonds. The molecule has 0 atom stereocenters. The summed E-state index contributed by atoms with van der Waals surface area (Å²) in [5.41, 5.74) is 6.01. The van der Waals surface area contributed by atoms with Crippen molar-refractivity contribution in [2.75, 3.05) is 0 Å². The Kier molecular flexibility index (Phi) is 7.39. The first-order chi connectivity index (χ1) is 17.3. The van der Waals surface area contributed by atoms with Crippen LogP contribution in [-0.2, 0) is 32.3 Å². The van der Waals surface area contributed by atoms with Gasteiger partial charge in [-0.25, -0.2) is 10.1 Å². The van der Waals surface area contributed by atoms with Crippen molar-refractivity contribution in [2.45, 2.75) is 45.1 Å². The largest absolute Gasteiger partial charge is 0.487 e. The van der Waals surface area contributed by atoms with Gasteiger partial charge in [0.25, 0.3) is 0 Å². The van der Waals surface area contributed by atoms with E-state index in [-0.39, 0.29) is 0 Å². The smallest absolute Gasteiger partial charge is 0.148 e. The van der Waals surface area contributed by atoms with Crippen LogP contribution in [0.2, 0.25) is 0 Å². The number of fused-ring (bicyclic) bond motifs is 1. The molecule has 0 bridgehead atoms. The molecular formula is C29H29N5O. The summed E-state index contributed by atoms with van der Waals surface area (Å²) in [7, 11) is 0. The highest BCUT2D eigenvalue weighted by molar-refractivity contribution is 5.78. The predicted molar refractivity (Wildman–Crippen MR) is 137 cm³/mol. The van der Waals surface area contributed by atoms with Crippen LogP contribution < -0.4 is 4.74 Å². The molecule has 0 saturated heterocycles. The Labute approximate surface area is 205 Å². The molecule has 2 aromatic heterocycles. The third-order valence-corrected chi connectivity index (χ3v) is 6.19. The quantitative estimate of drug-likeness (QED) is 0.273. The number of hydrogen-bond acceptors (Lipinski definition) is 5. The van der Waals surface area contributed by atoms with Crippen LogP contribution in [0.25, 0.3) is 10.9 Å². The number of tetrazole rings is 1. The van der Waals surface area contributed by atoms with Gasteiger partial charge in [0.15, 0.2) is 0 Å². The van der Waals surface area contributed by atoms with Crippen molar-refractivity contribution >= 4 is 10.9 Å². The molecule has 5 rings (SSSR count). The molecule has 0 unspecified atom stereocenters. The van der Waals surface area contributed by atoms with Gasteiger partial charge in [-0.15, -0.1) is 5.10 Å². The molecule has 6 nitrogen and oxygen atoms in total. The summed E-state index contributed by atoms with van der Waals surface area (Å²) in [5.74, 6) is 1.72. The van der Waals surface area contributed by atoms with Crippen LogP contribution in [0.15, 0.2) is 84.9 Å². The van der Waals surface area contributed by atoms with Gasteiger partial charge in [0.1, 0.15) is 18.2 Å². The molecule has 5 aromatic rings. The van der Waals surface area contributed by atoms with E-state index in [4.69, 9.17) is 4.74 Å². The maximum atomic E-state index is 5.96. The Morgan fingerprint density at radius 1 is 0.657 bits per heavy atom. The molecule has 2 heterocycles. The van der Waals surface area contributed by atoms with E-state index in [9.17, 15) is 0 Å². The third kappa shape index (κ3) is 6.51. The fourth-order valence-corrected chi connectivity index (χ4v) is 4.21. The van der Waals surface area contributed by atoms with Gasteiger partial charge in [-0.05, 0) is 83.5 Å². The molecular weight excluding hydrogens is 434 g/mol. The Morgan fingerprint density at radius 3 is 2.00 bits per heavy atom. The first-order valence-electron chi connectivity index (χ1n) is 12.2. The number of benzene rings is 3. The van der Waals surface area contributed by atoms with Gasteiger partial charge in [0.05, 0.1) is 11.2 Å². The molecule has 176 valence electrons. The Hall–Kier alpha value is -4.06. The van der Waals surface area contributed by atoms with Gasteiger partial charge in [0, 0.05) is 11.8 Å². The van der Waals surface area contributed by atoms with Gasteiger partial charge in [-0.3, -0.25) is 0 Å². The van der Waals surface area contributed by atoms with Gasteiger partial charge in [0.2, 0.25) is 0 Å². The molecule has 6 heteroatoms. The summed E-state index contributed by atoms with van der Waals surface area (Å²) < 4.78 is 5.96. The van der Waals surface area contributed by atoms with Crippen LogP contribution >= 0.6 is 0 Å². The van der Waals surface area contributed by atoms with Gasteiger partial charge >= 0.3 is 0 Å². The monoisotopic (exact) mass is 463 g/mol. The zero-order valence-electron chi connectivity index (χ0n) is 19.7. The average Bonchev–Trinajstić information content (AvgIpc) is 3.43. The van der Waals surface area contributed by atoms with Crippen LogP contribution in [0.5, 0.6) is 5.75 Å². The highest BCUT2D eigenvalue weighted by atomic mass is 16.5. The van der Waals surface area contributed by atoms with E-state index in [0.29, 0.717) is 6.61 Å². The Bertz CT molecular complexity index is 1330. The van der Waals surface area contributed by atoms with Crippen molar-refractivity contribution in [3.8, 4) is 5.75 Å². The van der Waals surface area contributed by atoms with Crippen molar-refractivity contribution < 1.29 is 4.74 Å². The standard InChI is InChI=1S/C29H29N5O/c1-2-9-28-25(8-1)17-18-26(30-28)21-35-27-19-15-24(16-20-27)6-3-5-22-11-13-23(14-12-22)7-4-10-29-31-33-34-32-29/h1-2,8-9,11-20H,3-7,10,21H2,(H,31,32,33,34). The SMILES string of the molecule is c1ccc2nc(COc3ccc(CCCc4ccc(CCCc5nnn[nH]5)cc4)cc3)ccc2c1. The van der Waals surface area contributed by atoms with Crippen molar-refractivity contribution in [3.05, 3.63) is 113 Å². The first-order valence-corrected chi connectivity index (χ1v) is 12.2. The Balaban J connectivity index is 1.03. The minimum Gasteiger partial charge on any atom is -0.487 e. The van der Waals surface area contributed by atoms with Crippen LogP contribution in [-0.4, -0.2) is 25.6 Å². The lowest BCUT2D eigenvalue weighted by atomic mass is 10.0. The lowest BCUT2D eigenvalue weighted by molar-refractivity contribution is 0.301. The normalized spacial score (nSPS) is 11.1. The van der Waals surface area contributed by atoms with Crippen molar-refractivity contribution in [1.82, 2.24) is 25.6 Å². The summed E-state index contributed by atoms with van der Waals surface area (Å²) >= 11 is 0. The number of ether oxygens (including phenoxy) is 1. The summed E-state index contributed by atoms with van der Waals surface area (Å²) in [6, 6.07) is 29.7. The van der Waals surface area contributed by atoms with E-state index >= 15 is 0 Å². The van der Waals surface area contributed by atoms with Crippen molar-refractivity contribution in [2.24, 2.45) is 0 Å². The minimum absolute atomic E-state index is 0.470. The second-order valence-electron chi connectivity index (χ2n) is 8.80. The molecule has 0 spiro atoms. The van der Waals surface area contributed by atoms with Crippen LogP contribution in [0.4, 0.5) is 0 Å². The first kappa shape index (κ1) is 22.7. The van der Waals surface area contributed by atoms with Crippen LogP contribution in [0.1, 0.15) is 41.1 Å². The summed E-state index contributed by atoms with van der Waals surface area (Å²) in [6.45, 7) is 0.470.